The topological polar surface area (TPSA) is 42.7 Å². The van der Waals surface area contributed by atoms with Crippen molar-refractivity contribution in [2.45, 2.75) is 64.0 Å². The number of anilines is 1. The van der Waals surface area contributed by atoms with Gasteiger partial charge in [-0.05, 0) is 80.9 Å². The Kier molecular flexibility index (Phi) is 3.80. The van der Waals surface area contributed by atoms with Crippen LogP contribution in [0.5, 0.6) is 0 Å². The zero-order chi connectivity index (χ0) is 17.7. The van der Waals surface area contributed by atoms with Crippen LogP contribution < -0.4 is 5.32 Å². The smallest absolute Gasteiger partial charge is 0.224 e. The van der Waals surface area contributed by atoms with Crippen LogP contribution in [-0.4, -0.2) is 14.8 Å². The number of halogens is 1. The summed E-state index contributed by atoms with van der Waals surface area (Å²) in [6.07, 6.45) is 8.22. The highest BCUT2D eigenvalue weighted by Crippen LogP contribution is 2.60. The molecule has 138 valence electrons. The molecule has 0 unspecified atom stereocenters. The molecule has 4 saturated carbocycles. The number of rotatable bonds is 5. The zero-order valence-electron chi connectivity index (χ0n) is 15.4. The summed E-state index contributed by atoms with van der Waals surface area (Å²) in [7, 11) is 0. The molecule has 4 aliphatic rings. The molecule has 4 fully saturated rings. The predicted molar refractivity (Wildman–Crippen MR) is 99.3 cm³/mol. The van der Waals surface area contributed by atoms with Crippen LogP contribution in [0.4, 0.5) is 10.3 Å². The van der Waals surface area contributed by atoms with Crippen molar-refractivity contribution in [3.05, 3.63) is 41.5 Å². The summed E-state index contributed by atoms with van der Waals surface area (Å²) in [5, 5.41) is 12.6. The molecule has 2 aromatic rings. The molecular formula is C21H27FN4. The Morgan fingerprint density at radius 1 is 1.04 bits per heavy atom. The van der Waals surface area contributed by atoms with Gasteiger partial charge in [0.1, 0.15) is 11.6 Å². The monoisotopic (exact) mass is 354 g/mol. The second-order valence-electron chi connectivity index (χ2n) is 8.77. The minimum absolute atomic E-state index is 0.199. The summed E-state index contributed by atoms with van der Waals surface area (Å²) < 4.78 is 15.4. The highest BCUT2D eigenvalue weighted by atomic mass is 19.1. The van der Waals surface area contributed by atoms with Gasteiger partial charge in [-0.25, -0.2) is 4.39 Å². The van der Waals surface area contributed by atoms with Crippen molar-refractivity contribution in [2.75, 3.05) is 5.32 Å². The van der Waals surface area contributed by atoms with E-state index in [9.17, 15) is 4.39 Å². The third kappa shape index (κ3) is 2.63. The third-order valence-corrected chi connectivity index (χ3v) is 6.94. The van der Waals surface area contributed by atoms with Gasteiger partial charge in [0.05, 0.1) is 0 Å². The largest absolute Gasteiger partial charge is 0.350 e. The summed E-state index contributed by atoms with van der Waals surface area (Å²) in [5.74, 6) is 4.56. The van der Waals surface area contributed by atoms with Crippen molar-refractivity contribution >= 4 is 5.95 Å². The Hall–Kier alpha value is -1.91. The maximum atomic E-state index is 13.1. The summed E-state index contributed by atoms with van der Waals surface area (Å²) in [6.45, 7) is 3.70. The maximum absolute atomic E-state index is 13.1. The molecule has 4 nitrogen and oxygen atoms in total. The summed E-state index contributed by atoms with van der Waals surface area (Å²) >= 11 is 0. The number of nitrogens with one attached hydrogen (secondary N) is 1. The van der Waals surface area contributed by atoms with Crippen molar-refractivity contribution < 1.29 is 4.39 Å². The Morgan fingerprint density at radius 2 is 1.65 bits per heavy atom. The van der Waals surface area contributed by atoms with Gasteiger partial charge in [-0.2, -0.15) is 0 Å². The van der Waals surface area contributed by atoms with Crippen LogP contribution in [0.2, 0.25) is 0 Å². The van der Waals surface area contributed by atoms with Crippen LogP contribution in [0.25, 0.3) is 0 Å². The first-order valence-electron chi connectivity index (χ1n) is 10.1. The van der Waals surface area contributed by atoms with Gasteiger partial charge in [-0.15, -0.1) is 10.2 Å². The lowest BCUT2D eigenvalue weighted by Crippen LogP contribution is -2.49. The SMILES string of the molecule is CCn1c(NCc2ccc(F)cc2)nnc1C12CC3CC(CC(C3)C1)C2. The van der Waals surface area contributed by atoms with Crippen LogP contribution in [0.15, 0.2) is 24.3 Å². The lowest BCUT2D eigenvalue weighted by atomic mass is 9.49. The number of benzene rings is 1. The number of nitrogens with zero attached hydrogens (tertiary/aromatic N) is 3. The van der Waals surface area contributed by atoms with E-state index < -0.39 is 0 Å². The second-order valence-corrected chi connectivity index (χ2v) is 8.77. The molecule has 4 aliphatic carbocycles. The molecule has 26 heavy (non-hydrogen) atoms. The molecule has 1 aromatic carbocycles. The fourth-order valence-electron chi connectivity index (χ4n) is 6.29. The van der Waals surface area contributed by atoms with Gasteiger partial charge in [-0.3, -0.25) is 4.57 Å². The van der Waals surface area contributed by atoms with Gasteiger partial charge in [0.2, 0.25) is 5.95 Å². The minimum Gasteiger partial charge on any atom is -0.350 e. The second kappa shape index (κ2) is 6.07. The van der Waals surface area contributed by atoms with E-state index in [1.165, 1.54) is 56.5 Å². The van der Waals surface area contributed by atoms with Crippen molar-refractivity contribution in [2.24, 2.45) is 17.8 Å². The van der Waals surface area contributed by atoms with E-state index in [1.807, 2.05) is 12.1 Å². The normalized spacial score (nSPS) is 32.2. The minimum atomic E-state index is -0.199. The molecule has 0 radical (unpaired) electrons. The lowest BCUT2D eigenvalue weighted by Gasteiger charge is -2.56. The van der Waals surface area contributed by atoms with Crippen LogP contribution in [0, 0.1) is 23.6 Å². The molecule has 5 heteroatoms. The zero-order valence-corrected chi connectivity index (χ0v) is 15.4. The highest BCUT2D eigenvalue weighted by molar-refractivity contribution is 5.32. The summed E-state index contributed by atoms with van der Waals surface area (Å²) in [6, 6.07) is 6.63. The lowest BCUT2D eigenvalue weighted by molar-refractivity contribution is -0.0110. The van der Waals surface area contributed by atoms with E-state index >= 15 is 0 Å². The highest BCUT2D eigenvalue weighted by Gasteiger charge is 2.53. The van der Waals surface area contributed by atoms with E-state index in [-0.39, 0.29) is 11.2 Å². The summed E-state index contributed by atoms with van der Waals surface area (Å²) in [4.78, 5) is 0. The van der Waals surface area contributed by atoms with Crippen LogP contribution in [-0.2, 0) is 18.5 Å². The van der Waals surface area contributed by atoms with E-state index in [0.717, 1.165) is 35.8 Å². The molecular weight excluding hydrogens is 327 g/mol. The molecule has 0 saturated heterocycles. The Morgan fingerprint density at radius 3 is 2.23 bits per heavy atom. The molecule has 1 heterocycles. The Labute approximate surface area is 154 Å². The standard InChI is InChI=1S/C21H27FN4/c1-2-26-19(21-10-15-7-16(11-21)9-17(8-15)12-21)24-25-20(26)23-13-14-3-5-18(22)6-4-14/h3-6,15-17H,2,7-13H2,1H3,(H,23,25). The van der Waals surface area contributed by atoms with Gasteiger partial charge in [0.25, 0.3) is 0 Å². The van der Waals surface area contributed by atoms with Crippen molar-refractivity contribution in [3.63, 3.8) is 0 Å². The number of aromatic nitrogens is 3. The van der Waals surface area contributed by atoms with E-state index in [2.05, 4.69) is 21.9 Å². The van der Waals surface area contributed by atoms with Crippen LogP contribution >= 0.6 is 0 Å². The number of hydrogen-bond donors (Lipinski definition) is 1. The molecule has 6 rings (SSSR count). The molecule has 0 atom stereocenters. The van der Waals surface area contributed by atoms with Crippen LogP contribution in [0.1, 0.15) is 56.8 Å². The van der Waals surface area contributed by atoms with E-state index in [1.54, 1.807) is 0 Å². The van der Waals surface area contributed by atoms with Gasteiger partial charge >= 0.3 is 0 Å². The van der Waals surface area contributed by atoms with Gasteiger partial charge in [-0.1, -0.05) is 12.1 Å². The molecule has 1 N–H and O–H groups in total. The molecule has 4 bridgehead atoms. The fraction of sp³-hybridized carbons (Fsp3) is 0.619. The molecule has 0 amide bonds. The van der Waals surface area contributed by atoms with Gasteiger partial charge < -0.3 is 5.32 Å². The first kappa shape index (κ1) is 16.3. The Balaban J connectivity index is 1.40. The fourth-order valence-corrected chi connectivity index (χ4v) is 6.29. The van der Waals surface area contributed by atoms with E-state index in [4.69, 9.17) is 5.10 Å². The average molecular weight is 354 g/mol. The quantitative estimate of drug-likeness (QED) is 0.859. The molecule has 1 aromatic heterocycles. The van der Waals surface area contributed by atoms with Crippen LogP contribution in [0.3, 0.4) is 0 Å². The Bertz CT molecular complexity index is 760. The predicted octanol–water partition coefficient (Wildman–Crippen LogP) is 4.52. The third-order valence-electron chi connectivity index (χ3n) is 6.94. The maximum Gasteiger partial charge on any atom is 0.224 e. The summed E-state index contributed by atoms with van der Waals surface area (Å²) in [5.41, 5.74) is 1.31. The first-order chi connectivity index (χ1) is 12.6. The van der Waals surface area contributed by atoms with Crippen molar-refractivity contribution in [3.8, 4) is 0 Å². The van der Waals surface area contributed by atoms with E-state index in [0.29, 0.717) is 6.54 Å². The van der Waals surface area contributed by atoms with Crippen molar-refractivity contribution in [1.29, 1.82) is 0 Å². The number of hydrogen-bond acceptors (Lipinski definition) is 3. The first-order valence-corrected chi connectivity index (χ1v) is 10.1. The van der Waals surface area contributed by atoms with Crippen molar-refractivity contribution in [1.82, 2.24) is 14.8 Å². The van der Waals surface area contributed by atoms with Gasteiger partial charge in [0.15, 0.2) is 0 Å². The molecule has 0 spiro atoms. The average Bonchev–Trinajstić information content (AvgIpc) is 3.04. The molecule has 0 aliphatic heterocycles. The van der Waals surface area contributed by atoms with Gasteiger partial charge in [0, 0.05) is 18.5 Å².